The van der Waals surface area contributed by atoms with Crippen LogP contribution in [-0.4, -0.2) is 5.11 Å². The summed E-state index contributed by atoms with van der Waals surface area (Å²) in [6, 6.07) is 11.9. The van der Waals surface area contributed by atoms with Crippen molar-refractivity contribution in [2.75, 3.05) is 0 Å². The van der Waals surface area contributed by atoms with Crippen LogP contribution in [0.4, 0.5) is 0 Å². The van der Waals surface area contributed by atoms with Crippen molar-refractivity contribution in [3.63, 3.8) is 0 Å². The molecular weight excluding hydrogens is 248 g/mol. The number of ether oxygens (including phenoxy) is 1. The van der Waals surface area contributed by atoms with Gasteiger partial charge in [-0.2, -0.15) is 0 Å². The molecule has 0 aliphatic carbocycles. The van der Waals surface area contributed by atoms with Crippen LogP contribution >= 0.6 is 0 Å². The van der Waals surface area contributed by atoms with E-state index in [4.69, 9.17) is 4.74 Å². The Balaban J connectivity index is 2.25. The molecule has 0 aliphatic heterocycles. The fraction of sp³-hybridized carbons (Fsp3) is 0.333. The topological polar surface area (TPSA) is 29.5 Å². The molecule has 0 unspecified atom stereocenters. The predicted molar refractivity (Wildman–Crippen MR) is 82.4 cm³/mol. The summed E-state index contributed by atoms with van der Waals surface area (Å²) >= 11 is 0. The molecule has 0 saturated heterocycles. The molecule has 0 aromatic heterocycles. The molecule has 0 spiro atoms. The Labute approximate surface area is 121 Å². The van der Waals surface area contributed by atoms with Gasteiger partial charge in [0.25, 0.3) is 0 Å². The highest BCUT2D eigenvalue weighted by Gasteiger charge is 2.09. The van der Waals surface area contributed by atoms with E-state index in [0.29, 0.717) is 0 Å². The van der Waals surface area contributed by atoms with E-state index in [0.717, 1.165) is 29.0 Å². The van der Waals surface area contributed by atoms with E-state index in [2.05, 4.69) is 32.9 Å². The first-order chi connectivity index (χ1) is 9.52. The lowest BCUT2D eigenvalue weighted by atomic mass is 10.1. The fourth-order valence-electron chi connectivity index (χ4n) is 2.19. The van der Waals surface area contributed by atoms with Gasteiger partial charge in [0, 0.05) is 0 Å². The van der Waals surface area contributed by atoms with Gasteiger partial charge in [-0.1, -0.05) is 31.2 Å². The minimum Gasteiger partial charge on any atom is -0.457 e. The minimum atomic E-state index is -0.397. The van der Waals surface area contributed by atoms with E-state index >= 15 is 0 Å². The third-order valence-electron chi connectivity index (χ3n) is 3.75. The Morgan fingerprint density at radius 2 is 1.55 bits per heavy atom. The molecule has 2 rings (SSSR count). The van der Waals surface area contributed by atoms with E-state index in [-0.39, 0.29) is 0 Å². The van der Waals surface area contributed by atoms with E-state index in [1.54, 1.807) is 0 Å². The van der Waals surface area contributed by atoms with Gasteiger partial charge in [0.2, 0.25) is 0 Å². The molecule has 0 bridgehead atoms. The van der Waals surface area contributed by atoms with Crippen molar-refractivity contribution in [2.45, 2.75) is 40.2 Å². The van der Waals surface area contributed by atoms with Gasteiger partial charge in [0.05, 0.1) is 6.10 Å². The molecule has 1 atom stereocenters. The molecule has 1 N–H and O–H groups in total. The van der Waals surface area contributed by atoms with Crippen molar-refractivity contribution in [3.05, 3.63) is 58.7 Å². The largest absolute Gasteiger partial charge is 0.457 e. The lowest BCUT2D eigenvalue weighted by molar-refractivity contribution is 0.173. The third kappa shape index (κ3) is 3.02. The molecule has 0 heterocycles. The zero-order valence-electron chi connectivity index (χ0n) is 12.6. The number of aliphatic hydroxyl groups excluding tert-OH is 1. The molecular formula is C18H22O2. The van der Waals surface area contributed by atoms with Crippen molar-refractivity contribution >= 4 is 0 Å². The Hall–Kier alpha value is -1.80. The zero-order valence-corrected chi connectivity index (χ0v) is 12.6. The summed E-state index contributed by atoms with van der Waals surface area (Å²) in [6.07, 6.45) is 0.322. The van der Waals surface area contributed by atoms with E-state index in [9.17, 15) is 5.11 Å². The van der Waals surface area contributed by atoms with Crippen LogP contribution in [0.15, 0.2) is 36.4 Å². The summed E-state index contributed by atoms with van der Waals surface area (Å²) < 4.78 is 6.01. The van der Waals surface area contributed by atoms with Gasteiger partial charge in [-0.25, -0.2) is 0 Å². The highest BCUT2D eigenvalue weighted by Crippen LogP contribution is 2.31. The van der Waals surface area contributed by atoms with Crippen LogP contribution in [-0.2, 0) is 0 Å². The Kier molecular flexibility index (Phi) is 4.46. The van der Waals surface area contributed by atoms with Crippen molar-refractivity contribution in [2.24, 2.45) is 0 Å². The predicted octanol–water partition coefficient (Wildman–Crippen LogP) is 4.85. The normalized spacial score (nSPS) is 12.2. The van der Waals surface area contributed by atoms with E-state index in [1.165, 1.54) is 11.1 Å². The Bertz CT molecular complexity index is 585. The van der Waals surface area contributed by atoms with Crippen molar-refractivity contribution in [1.29, 1.82) is 0 Å². The summed E-state index contributed by atoms with van der Waals surface area (Å²) in [5.74, 6) is 1.72. The van der Waals surface area contributed by atoms with Gasteiger partial charge in [-0.05, 0) is 61.6 Å². The van der Waals surface area contributed by atoms with Crippen LogP contribution in [0.1, 0.15) is 41.7 Å². The number of hydrogen-bond donors (Lipinski definition) is 1. The molecule has 0 aliphatic rings. The molecule has 2 aromatic rings. The molecule has 2 aromatic carbocycles. The zero-order chi connectivity index (χ0) is 14.7. The summed E-state index contributed by atoms with van der Waals surface area (Å²) in [6.45, 7) is 8.18. The summed E-state index contributed by atoms with van der Waals surface area (Å²) in [5.41, 5.74) is 4.45. The summed E-state index contributed by atoms with van der Waals surface area (Å²) in [7, 11) is 0. The maximum Gasteiger partial charge on any atom is 0.133 e. The lowest BCUT2D eigenvalue weighted by Crippen LogP contribution is -1.96. The highest BCUT2D eigenvalue weighted by molar-refractivity contribution is 5.47. The van der Waals surface area contributed by atoms with Crippen molar-refractivity contribution in [3.8, 4) is 11.5 Å². The molecule has 0 fully saturated rings. The van der Waals surface area contributed by atoms with Gasteiger partial charge in [-0.3, -0.25) is 0 Å². The summed E-state index contributed by atoms with van der Waals surface area (Å²) in [4.78, 5) is 0. The van der Waals surface area contributed by atoms with Gasteiger partial charge in [0.15, 0.2) is 0 Å². The average molecular weight is 270 g/mol. The van der Waals surface area contributed by atoms with Crippen LogP contribution < -0.4 is 4.74 Å². The number of hydrogen-bond acceptors (Lipinski definition) is 2. The number of benzene rings is 2. The lowest BCUT2D eigenvalue weighted by Gasteiger charge is -2.14. The second kappa shape index (κ2) is 6.10. The molecule has 0 saturated carbocycles. The van der Waals surface area contributed by atoms with E-state index < -0.39 is 6.10 Å². The van der Waals surface area contributed by atoms with Crippen molar-refractivity contribution in [1.82, 2.24) is 0 Å². The Morgan fingerprint density at radius 3 is 2.15 bits per heavy atom. The third-order valence-corrected chi connectivity index (χ3v) is 3.75. The molecule has 0 radical (unpaired) electrons. The van der Waals surface area contributed by atoms with Crippen LogP contribution in [0.2, 0.25) is 0 Å². The first kappa shape index (κ1) is 14.6. The molecule has 2 nitrogen and oxygen atoms in total. The number of aryl methyl sites for hydroxylation is 2. The molecule has 20 heavy (non-hydrogen) atoms. The van der Waals surface area contributed by atoms with Gasteiger partial charge < -0.3 is 9.84 Å². The first-order valence-corrected chi connectivity index (χ1v) is 7.05. The first-order valence-electron chi connectivity index (χ1n) is 7.05. The maximum atomic E-state index is 9.79. The Morgan fingerprint density at radius 1 is 0.950 bits per heavy atom. The van der Waals surface area contributed by atoms with E-state index in [1.807, 2.05) is 31.2 Å². The molecule has 106 valence electrons. The second-order valence-corrected chi connectivity index (χ2v) is 5.25. The highest BCUT2D eigenvalue weighted by atomic mass is 16.5. The van der Waals surface area contributed by atoms with Crippen LogP contribution in [0.25, 0.3) is 0 Å². The summed E-state index contributed by atoms with van der Waals surface area (Å²) in [5, 5.41) is 9.79. The monoisotopic (exact) mass is 270 g/mol. The van der Waals surface area contributed by atoms with Crippen LogP contribution in [0.5, 0.6) is 11.5 Å². The fourth-order valence-corrected chi connectivity index (χ4v) is 2.19. The number of aliphatic hydroxyl groups is 1. The van der Waals surface area contributed by atoms with Crippen LogP contribution in [0.3, 0.4) is 0 Å². The smallest absolute Gasteiger partial charge is 0.133 e. The average Bonchev–Trinajstić information content (AvgIpc) is 2.47. The standard InChI is InChI=1S/C18H22O2/c1-5-17(19)15-8-10-16(11-9-15)20-18-13(3)7-6-12(2)14(18)4/h6-11,17,19H,5H2,1-4H3/t17-/m1/s1. The minimum absolute atomic E-state index is 0.397. The molecule has 2 heteroatoms. The number of rotatable bonds is 4. The van der Waals surface area contributed by atoms with Gasteiger partial charge in [-0.15, -0.1) is 0 Å². The maximum absolute atomic E-state index is 9.79. The quantitative estimate of drug-likeness (QED) is 0.860. The second-order valence-electron chi connectivity index (χ2n) is 5.25. The molecule has 0 amide bonds. The van der Waals surface area contributed by atoms with Crippen molar-refractivity contribution < 1.29 is 9.84 Å². The van der Waals surface area contributed by atoms with Gasteiger partial charge in [0.1, 0.15) is 11.5 Å². The van der Waals surface area contributed by atoms with Crippen LogP contribution in [0, 0.1) is 20.8 Å². The SMILES string of the molecule is CC[C@@H](O)c1ccc(Oc2c(C)ccc(C)c2C)cc1. The van der Waals surface area contributed by atoms with Gasteiger partial charge >= 0.3 is 0 Å².